The predicted molar refractivity (Wildman–Crippen MR) is 124 cm³/mol. The van der Waals surface area contributed by atoms with Gasteiger partial charge in [-0.15, -0.1) is 10.1 Å². The quantitative estimate of drug-likeness (QED) is 0.522. The maximum atomic E-state index is 13.1. The van der Waals surface area contributed by atoms with Gasteiger partial charge in [0.05, 0.1) is 18.8 Å². The molecular formula is C22H19ClN6O3S. The number of hydrogen-bond donors (Lipinski definition) is 1. The molecule has 0 unspecified atom stereocenters. The van der Waals surface area contributed by atoms with Gasteiger partial charge in [0.2, 0.25) is 10.9 Å². The number of anilines is 2. The van der Waals surface area contributed by atoms with Gasteiger partial charge < -0.3 is 19.2 Å². The molecule has 2 aromatic heterocycles. The zero-order valence-corrected chi connectivity index (χ0v) is 19.0. The third-order valence-electron chi connectivity index (χ3n) is 5.48. The molecule has 1 saturated heterocycles. The minimum Gasteiger partial charge on any atom is -0.464 e. The topological polar surface area (TPSA) is 93.8 Å². The van der Waals surface area contributed by atoms with E-state index in [1.807, 2.05) is 17.0 Å². The molecule has 1 spiro atoms. The monoisotopic (exact) mass is 482 g/mol. The Labute approximate surface area is 199 Å². The van der Waals surface area contributed by atoms with Gasteiger partial charge in [0, 0.05) is 11.6 Å². The molecule has 9 nitrogen and oxygen atoms in total. The van der Waals surface area contributed by atoms with Crippen molar-refractivity contribution in [2.24, 2.45) is 0 Å². The second-order valence-electron chi connectivity index (χ2n) is 7.85. The number of pyridine rings is 1. The Morgan fingerprint density at radius 1 is 1.27 bits per heavy atom. The van der Waals surface area contributed by atoms with Crippen molar-refractivity contribution < 1.29 is 14.3 Å². The number of morpholine rings is 1. The molecule has 168 valence electrons. The maximum absolute atomic E-state index is 13.1. The summed E-state index contributed by atoms with van der Waals surface area (Å²) in [5.74, 6) is 0.358. The summed E-state index contributed by atoms with van der Waals surface area (Å²) in [6, 6.07) is 10.5. The Bertz CT molecular complexity index is 1220. The van der Waals surface area contributed by atoms with Crippen LogP contribution in [0.4, 0.5) is 16.8 Å². The van der Waals surface area contributed by atoms with Gasteiger partial charge >= 0.3 is 0 Å². The molecule has 2 fully saturated rings. The third kappa shape index (κ3) is 4.90. The standard InChI is InChI=1S/C22H19ClN6O3S/c1-24-17-7-6-16(18(25-17)29-10-11-32-22(13-29)8-9-22)19(30)26-20-27-28-21(33-20)31-12-14-2-4-15(23)5-3-14/h2-7H,8-13H2,(H,26,27,30). The summed E-state index contributed by atoms with van der Waals surface area (Å²) in [5.41, 5.74) is 1.17. The van der Waals surface area contributed by atoms with Crippen molar-refractivity contribution in [3.8, 4) is 5.19 Å². The number of amides is 1. The van der Waals surface area contributed by atoms with Crippen molar-refractivity contribution >= 4 is 45.6 Å². The summed E-state index contributed by atoms with van der Waals surface area (Å²) in [4.78, 5) is 23.0. The van der Waals surface area contributed by atoms with Gasteiger partial charge in [-0.3, -0.25) is 10.1 Å². The fraction of sp³-hybridized carbons (Fsp3) is 0.318. The molecule has 1 aromatic carbocycles. The van der Waals surface area contributed by atoms with E-state index in [4.69, 9.17) is 27.6 Å². The molecule has 0 radical (unpaired) electrons. The van der Waals surface area contributed by atoms with E-state index < -0.39 is 0 Å². The lowest BCUT2D eigenvalue weighted by molar-refractivity contribution is 0.0203. The summed E-state index contributed by atoms with van der Waals surface area (Å²) in [6.45, 7) is 9.44. The number of carbonyl (C=O) groups excluding carboxylic acids is 1. The van der Waals surface area contributed by atoms with E-state index in [0.717, 1.165) is 29.7 Å². The summed E-state index contributed by atoms with van der Waals surface area (Å²) < 4.78 is 11.5. The van der Waals surface area contributed by atoms with Crippen molar-refractivity contribution in [2.75, 3.05) is 29.9 Å². The minimum atomic E-state index is -0.370. The number of nitrogens with one attached hydrogen (secondary N) is 1. The molecular weight excluding hydrogens is 464 g/mol. The first-order chi connectivity index (χ1) is 16.0. The Hall–Kier alpha value is -3.26. The zero-order valence-electron chi connectivity index (χ0n) is 17.5. The minimum absolute atomic E-state index is 0.142. The largest absolute Gasteiger partial charge is 0.464 e. The predicted octanol–water partition coefficient (Wildman–Crippen LogP) is 4.34. The first-order valence-electron chi connectivity index (χ1n) is 10.3. The third-order valence-corrected chi connectivity index (χ3v) is 6.48. The van der Waals surface area contributed by atoms with Crippen LogP contribution in [0.2, 0.25) is 5.02 Å². The highest BCUT2D eigenvalue weighted by Gasteiger charge is 2.48. The average Bonchev–Trinajstić information content (AvgIpc) is 3.42. The summed E-state index contributed by atoms with van der Waals surface area (Å²) >= 11 is 7.03. The van der Waals surface area contributed by atoms with Crippen molar-refractivity contribution in [1.29, 1.82) is 0 Å². The second-order valence-corrected chi connectivity index (χ2v) is 9.22. The molecule has 2 aliphatic rings. The molecule has 1 aliphatic heterocycles. The number of aromatic nitrogens is 3. The molecule has 1 saturated carbocycles. The summed E-state index contributed by atoms with van der Waals surface area (Å²) in [7, 11) is 0. The number of nitrogens with zero attached hydrogens (tertiary/aromatic N) is 5. The van der Waals surface area contributed by atoms with E-state index in [0.29, 0.717) is 53.0 Å². The van der Waals surface area contributed by atoms with Crippen LogP contribution in [0.3, 0.4) is 0 Å². The van der Waals surface area contributed by atoms with Crippen LogP contribution in [0, 0.1) is 6.57 Å². The van der Waals surface area contributed by atoms with Crippen LogP contribution in [-0.2, 0) is 11.3 Å². The Morgan fingerprint density at radius 2 is 2.09 bits per heavy atom. The number of benzene rings is 1. The van der Waals surface area contributed by atoms with Crippen LogP contribution in [0.25, 0.3) is 4.85 Å². The van der Waals surface area contributed by atoms with Gasteiger partial charge in [-0.2, -0.15) is 0 Å². The van der Waals surface area contributed by atoms with Crippen molar-refractivity contribution in [3.63, 3.8) is 0 Å². The molecule has 3 aromatic rings. The second kappa shape index (κ2) is 8.94. The molecule has 1 amide bonds. The summed E-state index contributed by atoms with van der Waals surface area (Å²) in [5, 5.41) is 12.1. The number of halogens is 1. The van der Waals surface area contributed by atoms with Crippen LogP contribution in [0.5, 0.6) is 5.19 Å². The molecule has 0 atom stereocenters. The number of ether oxygens (including phenoxy) is 2. The lowest BCUT2D eigenvalue weighted by atomic mass is 10.2. The van der Waals surface area contributed by atoms with Gasteiger partial charge in [0.1, 0.15) is 12.2 Å². The molecule has 1 aliphatic carbocycles. The van der Waals surface area contributed by atoms with Gasteiger partial charge in [0.25, 0.3) is 16.9 Å². The first kappa shape index (κ1) is 21.6. The van der Waals surface area contributed by atoms with Crippen molar-refractivity contribution in [3.05, 3.63) is 64.0 Å². The molecule has 3 heterocycles. The highest BCUT2D eigenvalue weighted by molar-refractivity contribution is 7.17. The van der Waals surface area contributed by atoms with E-state index in [1.165, 1.54) is 0 Å². The Balaban J connectivity index is 1.29. The highest BCUT2D eigenvalue weighted by atomic mass is 35.5. The normalized spacial score (nSPS) is 16.3. The fourth-order valence-electron chi connectivity index (χ4n) is 3.60. The lowest BCUT2D eigenvalue weighted by Crippen LogP contribution is -2.45. The highest BCUT2D eigenvalue weighted by Crippen LogP contribution is 2.43. The van der Waals surface area contributed by atoms with Crippen LogP contribution in [-0.4, -0.2) is 46.4 Å². The Morgan fingerprint density at radius 3 is 2.85 bits per heavy atom. The van der Waals surface area contributed by atoms with E-state index >= 15 is 0 Å². The van der Waals surface area contributed by atoms with E-state index in [9.17, 15) is 4.79 Å². The maximum Gasteiger partial charge on any atom is 0.296 e. The number of rotatable bonds is 6. The molecule has 33 heavy (non-hydrogen) atoms. The van der Waals surface area contributed by atoms with Gasteiger partial charge in [-0.05, 0) is 47.9 Å². The van der Waals surface area contributed by atoms with E-state index in [-0.39, 0.29) is 17.3 Å². The van der Waals surface area contributed by atoms with Crippen LogP contribution in [0.1, 0.15) is 28.8 Å². The number of hydrogen-bond acceptors (Lipinski definition) is 8. The average molecular weight is 483 g/mol. The zero-order chi connectivity index (χ0) is 22.8. The van der Waals surface area contributed by atoms with Gasteiger partial charge in [0.15, 0.2) is 0 Å². The van der Waals surface area contributed by atoms with Crippen molar-refractivity contribution in [2.45, 2.75) is 25.0 Å². The van der Waals surface area contributed by atoms with E-state index in [1.54, 1.807) is 24.3 Å². The van der Waals surface area contributed by atoms with Crippen molar-refractivity contribution in [1.82, 2.24) is 15.2 Å². The van der Waals surface area contributed by atoms with Crippen LogP contribution in [0.15, 0.2) is 36.4 Å². The SMILES string of the molecule is [C-]#[N+]c1ccc(C(=O)Nc2nnc(OCc3ccc(Cl)cc3)s2)c(N2CCOC3(CC3)C2)n1. The van der Waals surface area contributed by atoms with E-state index in [2.05, 4.69) is 25.3 Å². The summed E-state index contributed by atoms with van der Waals surface area (Å²) in [6.07, 6.45) is 1.99. The van der Waals surface area contributed by atoms with Crippen LogP contribution < -0.4 is 15.0 Å². The fourth-order valence-corrected chi connectivity index (χ4v) is 4.31. The van der Waals surface area contributed by atoms with Gasteiger partial charge in [-0.25, -0.2) is 0 Å². The molecule has 11 heteroatoms. The molecule has 5 rings (SSSR count). The van der Waals surface area contributed by atoms with Crippen LogP contribution >= 0.6 is 22.9 Å². The lowest BCUT2D eigenvalue weighted by Gasteiger charge is -2.33. The molecule has 1 N–H and O–H groups in total. The molecule has 0 bridgehead atoms. The number of carbonyl (C=O) groups is 1. The smallest absolute Gasteiger partial charge is 0.296 e. The first-order valence-corrected chi connectivity index (χ1v) is 11.5. The Kier molecular flexibility index (Phi) is 5.85. The van der Waals surface area contributed by atoms with Gasteiger partial charge in [-0.1, -0.05) is 41.5 Å².